The molecule has 0 bridgehead atoms. The van der Waals surface area contributed by atoms with Crippen LogP contribution in [0.1, 0.15) is 12.5 Å². The quantitative estimate of drug-likeness (QED) is 0.776. The van der Waals surface area contributed by atoms with Crippen LogP contribution in [-0.2, 0) is 11.2 Å². The Labute approximate surface area is 150 Å². The van der Waals surface area contributed by atoms with Crippen LogP contribution in [0.5, 0.6) is 11.5 Å². The lowest BCUT2D eigenvalue weighted by atomic mass is 10.1. The molecule has 2 atom stereocenters. The molecule has 1 aliphatic rings. The van der Waals surface area contributed by atoms with Crippen molar-refractivity contribution in [3.8, 4) is 11.5 Å². The molecule has 0 saturated carbocycles. The van der Waals surface area contributed by atoms with Crippen molar-refractivity contribution in [1.29, 1.82) is 0 Å². The number of carbonyl (C=O) groups excluding carboxylic acids is 1. The maximum Gasteiger partial charge on any atom is 0.264 e. The Morgan fingerprint density at radius 3 is 2.84 bits per heavy atom. The van der Waals surface area contributed by atoms with Gasteiger partial charge in [-0.1, -0.05) is 30.3 Å². The monoisotopic (exact) mass is 353 g/mol. The van der Waals surface area contributed by atoms with Gasteiger partial charge in [0.05, 0.1) is 0 Å². The Balaban J connectivity index is 1.39. The average molecular weight is 353 g/mol. The van der Waals surface area contributed by atoms with Crippen LogP contribution < -0.4 is 14.8 Å². The first-order valence-corrected chi connectivity index (χ1v) is 9.22. The van der Waals surface area contributed by atoms with E-state index in [0.29, 0.717) is 11.5 Å². The van der Waals surface area contributed by atoms with E-state index < -0.39 is 6.10 Å². The molecule has 4 nitrogen and oxygen atoms in total. The Kier molecular flexibility index (Phi) is 4.32. The van der Waals surface area contributed by atoms with E-state index in [1.54, 1.807) is 11.3 Å². The molecular weight excluding hydrogens is 334 g/mol. The smallest absolute Gasteiger partial charge is 0.264 e. The van der Waals surface area contributed by atoms with Gasteiger partial charge in [0, 0.05) is 10.7 Å². The van der Waals surface area contributed by atoms with Crippen molar-refractivity contribution >= 4 is 27.3 Å². The van der Waals surface area contributed by atoms with E-state index in [0.717, 1.165) is 6.42 Å². The number of hydrogen-bond donors (Lipinski definition) is 1. The van der Waals surface area contributed by atoms with Crippen molar-refractivity contribution < 1.29 is 14.3 Å². The fourth-order valence-corrected chi connectivity index (χ4v) is 4.03. The molecule has 0 saturated heterocycles. The molecule has 1 amide bonds. The first-order valence-electron chi connectivity index (χ1n) is 8.34. The zero-order valence-electron chi connectivity index (χ0n) is 13.9. The van der Waals surface area contributed by atoms with E-state index in [1.807, 2.05) is 43.3 Å². The molecule has 1 aliphatic heterocycles. The SMILES string of the molecule is C[C@H](Cc1csc2ccccc12)NC(=O)[C@H]1COc2ccccc2O1. The van der Waals surface area contributed by atoms with Crippen molar-refractivity contribution in [2.75, 3.05) is 6.61 Å². The van der Waals surface area contributed by atoms with E-state index in [9.17, 15) is 4.79 Å². The van der Waals surface area contributed by atoms with Gasteiger partial charge >= 0.3 is 0 Å². The van der Waals surface area contributed by atoms with Crippen LogP contribution in [0.3, 0.4) is 0 Å². The van der Waals surface area contributed by atoms with Crippen LogP contribution in [0.15, 0.2) is 53.9 Å². The molecule has 0 unspecified atom stereocenters. The van der Waals surface area contributed by atoms with E-state index in [-0.39, 0.29) is 18.6 Å². The van der Waals surface area contributed by atoms with Gasteiger partial charge in [-0.15, -0.1) is 11.3 Å². The summed E-state index contributed by atoms with van der Waals surface area (Å²) in [7, 11) is 0. The Morgan fingerprint density at radius 1 is 1.20 bits per heavy atom. The lowest BCUT2D eigenvalue weighted by Crippen LogP contribution is -2.47. The third-order valence-electron chi connectivity index (χ3n) is 4.28. The highest BCUT2D eigenvalue weighted by molar-refractivity contribution is 7.17. The van der Waals surface area contributed by atoms with Gasteiger partial charge in [-0.05, 0) is 47.9 Å². The molecule has 0 spiro atoms. The standard InChI is InChI=1S/C20H19NO3S/c1-13(10-14-12-25-19-9-5-2-6-15(14)19)21-20(22)18-11-23-16-7-3-4-8-17(16)24-18/h2-9,12-13,18H,10-11H2,1H3,(H,21,22)/t13-,18-/m1/s1. The van der Waals surface area contributed by atoms with Crippen molar-refractivity contribution in [3.05, 3.63) is 59.5 Å². The van der Waals surface area contributed by atoms with Crippen molar-refractivity contribution in [1.82, 2.24) is 5.32 Å². The normalized spacial score (nSPS) is 17.2. The van der Waals surface area contributed by atoms with Gasteiger partial charge in [0.15, 0.2) is 11.5 Å². The molecule has 1 aromatic heterocycles. The zero-order valence-corrected chi connectivity index (χ0v) is 14.7. The summed E-state index contributed by atoms with van der Waals surface area (Å²) in [6.07, 6.45) is 0.177. The summed E-state index contributed by atoms with van der Waals surface area (Å²) in [6.45, 7) is 2.25. The summed E-state index contributed by atoms with van der Waals surface area (Å²) in [5.74, 6) is 1.16. The summed E-state index contributed by atoms with van der Waals surface area (Å²) >= 11 is 1.74. The lowest BCUT2D eigenvalue weighted by molar-refractivity contribution is -0.130. The van der Waals surface area contributed by atoms with Crippen molar-refractivity contribution in [2.45, 2.75) is 25.5 Å². The van der Waals surface area contributed by atoms with Gasteiger partial charge in [0.1, 0.15) is 6.61 Å². The second kappa shape index (κ2) is 6.76. The summed E-state index contributed by atoms with van der Waals surface area (Å²) in [6, 6.07) is 15.8. The van der Waals surface area contributed by atoms with Gasteiger partial charge in [-0.25, -0.2) is 0 Å². The molecule has 25 heavy (non-hydrogen) atoms. The minimum Gasteiger partial charge on any atom is -0.485 e. The van der Waals surface area contributed by atoms with Crippen LogP contribution >= 0.6 is 11.3 Å². The van der Waals surface area contributed by atoms with Gasteiger partial charge in [0.2, 0.25) is 6.10 Å². The number of amides is 1. The molecule has 5 heteroatoms. The number of thiophene rings is 1. The Hall–Kier alpha value is -2.53. The number of ether oxygens (including phenoxy) is 2. The van der Waals surface area contributed by atoms with Crippen molar-refractivity contribution in [2.24, 2.45) is 0 Å². The van der Waals surface area contributed by atoms with Crippen LogP contribution in [0, 0.1) is 0 Å². The van der Waals surface area contributed by atoms with E-state index >= 15 is 0 Å². The fraction of sp³-hybridized carbons (Fsp3) is 0.250. The van der Waals surface area contributed by atoms with Crippen LogP contribution in [0.2, 0.25) is 0 Å². The number of benzene rings is 2. The summed E-state index contributed by atoms with van der Waals surface area (Å²) in [4.78, 5) is 12.5. The first kappa shape index (κ1) is 16.0. The molecular formula is C20H19NO3S. The summed E-state index contributed by atoms with van der Waals surface area (Å²) in [5, 5.41) is 6.48. The average Bonchev–Trinajstić information content (AvgIpc) is 3.04. The Morgan fingerprint density at radius 2 is 1.96 bits per heavy atom. The minimum absolute atomic E-state index is 0.0197. The largest absolute Gasteiger partial charge is 0.485 e. The lowest BCUT2D eigenvalue weighted by Gasteiger charge is -2.26. The molecule has 4 rings (SSSR count). The highest BCUT2D eigenvalue weighted by Gasteiger charge is 2.28. The third-order valence-corrected chi connectivity index (χ3v) is 5.29. The molecule has 0 radical (unpaired) electrons. The minimum atomic E-state index is -0.614. The molecule has 3 aromatic rings. The van der Waals surface area contributed by atoms with Crippen molar-refractivity contribution in [3.63, 3.8) is 0 Å². The second-order valence-electron chi connectivity index (χ2n) is 6.24. The molecule has 2 aromatic carbocycles. The topological polar surface area (TPSA) is 47.6 Å². The molecule has 128 valence electrons. The number of rotatable bonds is 4. The Bertz CT molecular complexity index is 905. The van der Waals surface area contributed by atoms with E-state index in [4.69, 9.17) is 9.47 Å². The fourth-order valence-electron chi connectivity index (χ4n) is 3.06. The van der Waals surface area contributed by atoms with Gasteiger partial charge in [-0.2, -0.15) is 0 Å². The van der Waals surface area contributed by atoms with Gasteiger partial charge in [-0.3, -0.25) is 4.79 Å². The van der Waals surface area contributed by atoms with E-state index in [1.165, 1.54) is 15.6 Å². The van der Waals surface area contributed by atoms with Crippen LogP contribution in [0.25, 0.3) is 10.1 Å². The maximum absolute atomic E-state index is 12.5. The number of fused-ring (bicyclic) bond motifs is 2. The van der Waals surface area contributed by atoms with Gasteiger partial charge in [0.25, 0.3) is 5.91 Å². The van der Waals surface area contributed by atoms with Gasteiger partial charge < -0.3 is 14.8 Å². The number of hydrogen-bond acceptors (Lipinski definition) is 4. The highest BCUT2D eigenvalue weighted by Crippen LogP contribution is 2.31. The third kappa shape index (κ3) is 3.33. The second-order valence-corrected chi connectivity index (χ2v) is 7.15. The molecule has 0 fully saturated rings. The number of carbonyl (C=O) groups is 1. The maximum atomic E-state index is 12.5. The van der Waals surface area contributed by atoms with E-state index in [2.05, 4.69) is 22.8 Å². The molecule has 1 N–H and O–H groups in total. The predicted molar refractivity (Wildman–Crippen MR) is 99.5 cm³/mol. The molecule has 0 aliphatic carbocycles. The zero-order chi connectivity index (χ0) is 17.2. The number of nitrogens with one attached hydrogen (secondary N) is 1. The summed E-state index contributed by atoms with van der Waals surface area (Å²) < 4.78 is 12.7. The summed E-state index contributed by atoms with van der Waals surface area (Å²) in [5.41, 5.74) is 1.26. The predicted octanol–water partition coefficient (Wildman–Crippen LogP) is 3.79. The molecule has 2 heterocycles. The first-order chi connectivity index (χ1) is 12.2. The number of para-hydroxylation sites is 2. The van der Waals surface area contributed by atoms with Crippen LogP contribution in [0.4, 0.5) is 0 Å². The highest BCUT2D eigenvalue weighted by atomic mass is 32.1. The van der Waals surface area contributed by atoms with Crippen LogP contribution in [-0.4, -0.2) is 24.7 Å².